The van der Waals surface area contributed by atoms with Crippen LogP contribution in [0.1, 0.15) is 40.3 Å². The van der Waals surface area contributed by atoms with Crippen molar-refractivity contribution in [2.45, 2.75) is 57.1 Å². The Hall–Kier alpha value is -3.06. The molecular formula is C26H23B6F3O9S. The summed E-state index contributed by atoms with van der Waals surface area (Å²) in [5, 5.41) is 0. The molecule has 0 aliphatic heterocycles. The summed E-state index contributed by atoms with van der Waals surface area (Å²) >= 11 is 0. The van der Waals surface area contributed by atoms with Gasteiger partial charge >= 0.3 is 24.1 Å². The van der Waals surface area contributed by atoms with Crippen LogP contribution in [0.2, 0.25) is 0 Å². The molecule has 0 aromatic heterocycles. The Bertz CT molecular complexity index is 1410. The Morgan fingerprint density at radius 3 is 1.29 bits per heavy atom. The number of ether oxygens (including phenoxy) is 3. The first kappa shape index (κ1) is 38.1. The van der Waals surface area contributed by atoms with Gasteiger partial charge in [0.25, 0.3) is 15.5 Å². The molecule has 2 aromatic carbocycles. The van der Waals surface area contributed by atoms with Gasteiger partial charge in [0.15, 0.2) is 0 Å². The van der Waals surface area contributed by atoms with Crippen molar-refractivity contribution in [2.75, 3.05) is 5.75 Å². The van der Waals surface area contributed by atoms with Crippen molar-refractivity contribution in [1.82, 2.24) is 0 Å². The topological polar surface area (TPSA) is 133 Å². The fourth-order valence-electron chi connectivity index (χ4n) is 4.03. The number of rotatable bonds is 14. The van der Waals surface area contributed by atoms with Crippen LogP contribution in [0.3, 0.4) is 0 Å². The summed E-state index contributed by atoms with van der Waals surface area (Å²) in [6, 6.07) is 5.73. The third-order valence-corrected chi connectivity index (χ3v) is 7.27. The van der Waals surface area contributed by atoms with E-state index in [0.29, 0.717) is 18.1 Å². The third-order valence-electron chi connectivity index (χ3n) is 6.55. The second-order valence-electron chi connectivity index (χ2n) is 9.80. The largest absolute Gasteiger partial charge is 0.450 e. The van der Waals surface area contributed by atoms with Crippen molar-refractivity contribution < 1.29 is 54.7 Å². The zero-order chi connectivity index (χ0) is 34.3. The number of hydrogen-bond acceptors (Lipinski definition) is 8. The van der Waals surface area contributed by atoms with Crippen molar-refractivity contribution in [3.8, 4) is 11.5 Å². The minimum atomic E-state index is -5.57. The maximum Gasteiger partial charge on any atom is 0.426 e. The van der Waals surface area contributed by atoms with Crippen molar-refractivity contribution in [2.24, 2.45) is 5.41 Å². The Kier molecular flexibility index (Phi) is 13.1. The highest BCUT2D eigenvalue weighted by atomic mass is 32.2. The lowest BCUT2D eigenvalue weighted by Crippen LogP contribution is -2.52. The first-order chi connectivity index (χ1) is 20.9. The van der Waals surface area contributed by atoms with E-state index in [-0.39, 0.29) is 71.7 Å². The molecule has 9 nitrogen and oxygen atoms in total. The van der Waals surface area contributed by atoms with E-state index < -0.39 is 51.5 Å². The lowest BCUT2D eigenvalue weighted by molar-refractivity contribution is -0.222. The minimum absolute atomic E-state index is 0.0209. The van der Waals surface area contributed by atoms with Crippen LogP contribution in [0.5, 0.6) is 11.5 Å². The van der Waals surface area contributed by atoms with E-state index in [0.717, 1.165) is 0 Å². The second-order valence-corrected chi connectivity index (χ2v) is 11.3. The summed E-state index contributed by atoms with van der Waals surface area (Å²) in [5.74, 6) is -8.64. The van der Waals surface area contributed by atoms with Gasteiger partial charge in [-0.25, -0.2) is 9.59 Å². The van der Waals surface area contributed by atoms with E-state index in [1.807, 2.05) is 0 Å². The van der Waals surface area contributed by atoms with Crippen LogP contribution in [-0.2, 0) is 67.2 Å². The number of carbonyl (C=O) groups is 3. The molecule has 0 saturated heterocycles. The maximum absolute atomic E-state index is 13.7. The molecule has 0 aliphatic rings. The Morgan fingerprint density at radius 1 is 0.711 bits per heavy atom. The van der Waals surface area contributed by atoms with Gasteiger partial charge in [0.2, 0.25) is 6.10 Å². The van der Waals surface area contributed by atoms with Crippen LogP contribution >= 0.6 is 0 Å². The molecule has 19 heteroatoms. The number of halogens is 3. The zero-order valence-corrected chi connectivity index (χ0v) is 24.9. The van der Waals surface area contributed by atoms with Gasteiger partial charge in [0.05, 0.1) is 47.1 Å². The highest BCUT2D eigenvalue weighted by Gasteiger charge is 2.57. The smallest absolute Gasteiger partial charge is 0.426 e. The lowest BCUT2D eigenvalue weighted by atomic mass is 9.84. The van der Waals surface area contributed by atoms with Gasteiger partial charge in [-0.1, -0.05) is 73.3 Å². The average Bonchev–Trinajstić information content (AvgIpc) is 2.98. The molecule has 1 unspecified atom stereocenters. The number of alkyl halides is 3. The van der Waals surface area contributed by atoms with Crippen LogP contribution in [-0.4, -0.2) is 96.0 Å². The molecule has 12 radical (unpaired) electrons. The number of benzene rings is 2. The Morgan fingerprint density at radius 2 is 1.04 bits per heavy atom. The molecule has 45 heavy (non-hydrogen) atoms. The van der Waals surface area contributed by atoms with Crippen LogP contribution in [0, 0.1) is 5.41 Å². The lowest BCUT2D eigenvalue weighted by Gasteiger charge is -2.28. The van der Waals surface area contributed by atoms with Gasteiger partial charge < -0.3 is 14.2 Å². The predicted molar refractivity (Wildman–Crippen MR) is 161 cm³/mol. The summed E-state index contributed by atoms with van der Waals surface area (Å²) in [4.78, 5) is 40.7. The number of carbonyl (C=O) groups excluding carboxylic acids is 3. The molecule has 2 rings (SSSR count). The van der Waals surface area contributed by atoms with Crippen molar-refractivity contribution >= 4 is 75.1 Å². The van der Waals surface area contributed by atoms with Crippen molar-refractivity contribution in [3.63, 3.8) is 0 Å². The first-order valence-corrected chi connectivity index (χ1v) is 14.7. The fourth-order valence-corrected chi connectivity index (χ4v) is 4.67. The fraction of sp³-hybridized carbons (Fsp3) is 0.423. The summed E-state index contributed by atoms with van der Waals surface area (Å²) < 4.78 is 87.6. The second kappa shape index (κ2) is 15.5. The van der Waals surface area contributed by atoms with E-state index in [1.54, 1.807) is 0 Å². The standard InChI is InChI=1S/C26H23B6F3O9S/c1-25(22(36)42-19(26(33,34)35)12-45(39,40)41,23(37)43-20-15(8-29)2-13(6-27)3-16(20)9-30)24(38)44-21-17(10-31)4-14(7-28)5-18(21)11-32/h2-5,19H,6-12H2,1H3,(H,39,40,41). The van der Waals surface area contributed by atoms with Crippen LogP contribution in [0.25, 0.3) is 0 Å². The van der Waals surface area contributed by atoms with Gasteiger partial charge in [-0.05, 0) is 29.2 Å². The molecule has 2 aromatic rings. The van der Waals surface area contributed by atoms with Gasteiger partial charge in [-0.3, -0.25) is 9.35 Å². The van der Waals surface area contributed by atoms with E-state index in [1.165, 1.54) is 24.3 Å². The molecule has 0 heterocycles. The van der Waals surface area contributed by atoms with Gasteiger partial charge in [-0.2, -0.15) is 21.6 Å². The molecule has 0 bridgehead atoms. The normalized spacial score (nSPS) is 12.7. The highest BCUT2D eigenvalue weighted by molar-refractivity contribution is 7.85. The molecule has 226 valence electrons. The van der Waals surface area contributed by atoms with E-state index in [2.05, 4.69) is 4.74 Å². The first-order valence-electron chi connectivity index (χ1n) is 13.1. The van der Waals surface area contributed by atoms with Crippen LogP contribution in [0.15, 0.2) is 24.3 Å². The SMILES string of the molecule is [B]Cc1cc(C[B])c(OC(=O)C(C)(C(=O)Oc2c(C[B])cc(C[B])cc2C[B])C(=O)OC(CS(=O)(=O)O)C(F)(F)F)c(C[B])c1. The highest BCUT2D eigenvalue weighted by Crippen LogP contribution is 2.35. The molecule has 0 fully saturated rings. The van der Waals surface area contributed by atoms with Crippen molar-refractivity contribution in [3.05, 3.63) is 57.6 Å². The average molecular weight is 633 g/mol. The minimum Gasteiger partial charge on any atom is -0.450 e. The molecule has 0 amide bonds. The van der Waals surface area contributed by atoms with E-state index in [9.17, 15) is 36.0 Å². The van der Waals surface area contributed by atoms with Gasteiger partial charge in [0, 0.05) is 0 Å². The van der Waals surface area contributed by atoms with E-state index >= 15 is 0 Å². The van der Waals surface area contributed by atoms with E-state index in [4.69, 9.17) is 61.1 Å². The summed E-state index contributed by atoms with van der Waals surface area (Å²) in [7, 11) is 29.0. The predicted octanol–water partition coefficient (Wildman–Crippen LogP) is 0.577. The molecular weight excluding hydrogens is 610 g/mol. The van der Waals surface area contributed by atoms with Crippen LogP contribution < -0.4 is 9.47 Å². The maximum atomic E-state index is 13.7. The molecule has 0 saturated carbocycles. The summed E-state index contributed by atoms with van der Waals surface area (Å²) in [5.41, 5.74) is -1.82. The number of hydrogen-bond donors (Lipinski definition) is 1. The molecule has 1 N–H and O–H groups in total. The quantitative estimate of drug-likeness (QED) is 0.104. The van der Waals surface area contributed by atoms with Gasteiger partial charge in [-0.15, -0.1) is 0 Å². The van der Waals surface area contributed by atoms with Crippen molar-refractivity contribution in [1.29, 1.82) is 0 Å². The Labute approximate surface area is 266 Å². The summed E-state index contributed by atoms with van der Waals surface area (Å²) in [6.07, 6.45) is -10.1. The monoisotopic (exact) mass is 634 g/mol. The molecule has 1 atom stereocenters. The van der Waals surface area contributed by atoms with Gasteiger partial charge in [0.1, 0.15) is 17.3 Å². The zero-order valence-electron chi connectivity index (χ0n) is 24.1. The molecule has 0 spiro atoms. The third kappa shape index (κ3) is 9.25. The summed E-state index contributed by atoms with van der Waals surface area (Å²) in [6.45, 7) is 0.540. The Balaban J connectivity index is 2.74. The molecule has 0 aliphatic carbocycles. The number of esters is 3. The van der Waals surface area contributed by atoms with Crippen LogP contribution in [0.4, 0.5) is 13.2 Å².